The van der Waals surface area contributed by atoms with E-state index >= 15 is 0 Å². The van der Waals surface area contributed by atoms with Crippen LogP contribution in [0.5, 0.6) is 5.75 Å². The van der Waals surface area contributed by atoms with Crippen LogP contribution in [0, 0.1) is 11.3 Å². The molecule has 5 nitrogen and oxygen atoms in total. The maximum absolute atomic E-state index is 12.0. The molecule has 1 N–H and O–H groups in total. The highest BCUT2D eigenvalue weighted by molar-refractivity contribution is 6.30. The molecule has 0 saturated heterocycles. The number of ether oxygens (including phenoxy) is 1. The summed E-state index contributed by atoms with van der Waals surface area (Å²) >= 11 is 5.72. The fourth-order valence-corrected chi connectivity index (χ4v) is 1.70. The lowest BCUT2D eigenvalue weighted by molar-refractivity contribution is -0.122. The predicted octanol–water partition coefficient (Wildman–Crippen LogP) is 3.01. The average Bonchev–Trinajstić information content (AvgIpc) is 2.50. The monoisotopic (exact) mass is 301 g/mol. The van der Waals surface area contributed by atoms with Crippen LogP contribution in [-0.2, 0) is 4.79 Å². The van der Waals surface area contributed by atoms with Gasteiger partial charge >= 0.3 is 0 Å². The van der Waals surface area contributed by atoms with Crippen molar-refractivity contribution in [1.82, 2.24) is 4.98 Å². The molecule has 0 aliphatic carbocycles. The van der Waals surface area contributed by atoms with Crippen molar-refractivity contribution < 1.29 is 9.53 Å². The number of hydrogen-bond acceptors (Lipinski definition) is 4. The molecule has 6 heteroatoms. The van der Waals surface area contributed by atoms with E-state index in [0.29, 0.717) is 22.2 Å². The molecule has 0 spiro atoms. The molecule has 21 heavy (non-hydrogen) atoms. The van der Waals surface area contributed by atoms with Crippen molar-refractivity contribution in [1.29, 1.82) is 5.26 Å². The van der Waals surface area contributed by atoms with Crippen LogP contribution in [0.2, 0.25) is 5.02 Å². The van der Waals surface area contributed by atoms with Gasteiger partial charge in [0, 0.05) is 6.20 Å². The van der Waals surface area contributed by atoms with Gasteiger partial charge in [0.05, 0.1) is 10.6 Å². The zero-order valence-electron chi connectivity index (χ0n) is 11.2. The van der Waals surface area contributed by atoms with Crippen molar-refractivity contribution in [3.05, 3.63) is 53.2 Å². The van der Waals surface area contributed by atoms with E-state index in [2.05, 4.69) is 10.3 Å². The molecule has 2 rings (SSSR count). The van der Waals surface area contributed by atoms with Crippen LogP contribution in [-0.4, -0.2) is 17.0 Å². The number of anilines is 1. The second-order valence-electron chi connectivity index (χ2n) is 4.22. The van der Waals surface area contributed by atoms with Gasteiger partial charge in [-0.2, -0.15) is 5.26 Å². The molecule has 0 saturated carbocycles. The van der Waals surface area contributed by atoms with Crippen LogP contribution >= 0.6 is 11.6 Å². The maximum atomic E-state index is 12.0. The summed E-state index contributed by atoms with van der Waals surface area (Å²) in [5.74, 6) is 0.387. The van der Waals surface area contributed by atoms with E-state index in [0.717, 1.165) is 0 Å². The number of amides is 1. The molecule has 106 valence electrons. The third-order valence-corrected chi connectivity index (χ3v) is 2.88. The van der Waals surface area contributed by atoms with E-state index in [4.69, 9.17) is 21.6 Å². The quantitative estimate of drug-likeness (QED) is 0.942. The summed E-state index contributed by atoms with van der Waals surface area (Å²) in [5, 5.41) is 12.1. The van der Waals surface area contributed by atoms with Gasteiger partial charge < -0.3 is 10.1 Å². The van der Waals surface area contributed by atoms with Crippen LogP contribution in [0.1, 0.15) is 12.5 Å². The fourth-order valence-electron chi connectivity index (χ4n) is 1.58. The Hall–Kier alpha value is -2.58. The first-order valence-corrected chi connectivity index (χ1v) is 6.56. The largest absolute Gasteiger partial charge is 0.480 e. The Kier molecular flexibility index (Phi) is 4.75. The molecular formula is C15H12ClN3O2. The zero-order chi connectivity index (χ0) is 15.2. The highest BCUT2D eigenvalue weighted by atomic mass is 35.5. The van der Waals surface area contributed by atoms with Gasteiger partial charge in [0.25, 0.3) is 5.91 Å². The van der Waals surface area contributed by atoms with Gasteiger partial charge in [0.15, 0.2) is 6.10 Å². The van der Waals surface area contributed by atoms with Crippen molar-refractivity contribution in [2.24, 2.45) is 0 Å². The highest BCUT2D eigenvalue weighted by Gasteiger charge is 2.16. The number of nitriles is 1. The van der Waals surface area contributed by atoms with Gasteiger partial charge in [0.2, 0.25) is 0 Å². The minimum atomic E-state index is -0.767. The lowest BCUT2D eigenvalue weighted by atomic mass is 10.2. The molecule has 1 heterocycles. The Bertz CT molecular complexity index is 680. The summed E-state index contributed by atoms with van der Waals surface area (Å²) < 4.78 is 5.51. The molecule has 0 fully saturated rings. The standard InChI is InChI=1S/C15H12ClN3O2/c1-10(21-13-5-3-2-4-11(13)8-17)15(20)19-14-7-6-12(16)9-18-14/h2-7,9-10H,1H3,(H,18,19,20)/t10-/m0/s1. The minimum absolute atomic E-state index is 0.363. The topological polar surface area (TPSA) is 75.0 Å². The normalized spacial score (nSPS) is 11.3. The number of nitrogens with one attached hydrogen (secondary N) is 1. The average molecular weight is 302 g/mol. The maximum Gasteiger partial charge on any atom is 0.266 e. The van der Waals surface area contributed by atoms with Gasteiger partial charge in [0.1, 0.15) is 17.6 Å². The lowest BCUT2D eigenvalue weighted by Gasteiger charge is -2.15. The summed E-state index contributed by atoms with van der Waals surface area (Å²) in [6.45, 7) is 1.60. The number of aromatic nitrogens is 1. The number of halogens is 1. The Morgan fingerprint density at radius 1 is 1.38 bits per heavy atom. The van der Waals surface area contributed by atoms with Gasteiger partial charge in [-0.05, 0) is 31.2 Å². The molecule has 1 atom stereocenters. The van der Waals surface area contributed by atoms with Crippen molar-refractivity contribution in [3.63, 3.8) is 0 Å². The molecule has 0 radical (unpaired) electrons. The summed E-state index contributed by atoms with van der Waals surface area (Å²) in [6.07, 6.45) is 0.671. The first kappa shape index (κ1) is 14.8. The van der Waals surface area contributed by atoms with E-state index in [1.54, 1.807) is 43.3 Å². The van der Waals surface area contributed by atoms with Gasteiger partial charge in [-0.25, -0.2) is 4.98 Å². The molecule has 0 aliphatic heterocycles. The number of benzene rings is 1. The molecular weight excluding hydrogens is 290 g/mol. The number of nitrogens with zero attached hydrogens (tertiary/aromatic N) is 2. The van der Waals surface area contributed by atoms with E-state index < -0.39 is 6.10 Å². The lowest BCUT2D eigenvalue weighted by Crippen LogP contribution is -2.30. The highest BCUT2D eigenvalue weighted by Crippen LogP contribution is 2.18. The number of para-hydroxylation sites is 1. The fraction of sp³-hybridized carbons (Fsp3) is 0.133. The third kappa shape index (κ3) is 3.94. The Morgan fingerprint density at radius 2 is 2.14 bits per heavy atom. The third-order valence-electron chi connectivity index (χ3n) is 2.66. The van der Waals surface area contributed by atoms with Gasteiger partial charge in [-0.3, -0.25) is 4.79 Å². The molecule has 0 unspecified atom stereocenters. The van der Waals surface area contributed by atoms with E-state index in [9.17, 15) is 4.79 Å². The first-order valence-electron chi connectivity index (χ1n) is 6.18. The Labute approximate surface area is 127 Å². The van der Waals surface area contributed by atoms with Crippen LogP contribution in [0.4, 0.5) is 5.82 Å². The molecule has 0 aliphatic rings. The minimum Gasteiger partial charge on any atom is -0.480 e. The second kappa shape index (κ2) is 6.73. The van der Waals surface area contributed by atoms with Crippen molar-refractivity contribution in [2.45, 2.75) is 13.0 Å². The Morgan fingerprint density at radius 3 is 2.81 bits per heavy atom. The van der Waals surface area contributed by atoms with E-state index in [1.807, 2.05) is 6.07 Å². The number of hydrogen-bond donors (Lipinski definition) is 1. The second-order valence-corrected chi connectivity index (χ2v) is 4.66. The first-order chi connectivity index (χ1) is 10.1. The molecule has 2 aromatic rings. The molecule has 1 aromatic carbocycles. The van der Waals surface area contributed by atoms with Crippen molar-refractivity contribution in [3.8, 4) is 11.8 Å². The van der Waals surface area contributed by atoms with Crippen molar-refractivity contribution >= 4 is 23.3 Å². The predicted molar refractivity (Wildman–Crippen MR) is 79.1 cm³/mol. The van der Waals surface area contributed by atoms with Crippen LogP contribution < -0.4 is 10.1 Å². The summed E-state index contributed by atoms with van der Waals surface area (Å²) in [7, 11) is 0. The van der Waals surface area contributed by atoms with E-state index in [-0.39, 0.29) is 5.91 Å². The number of rotatable bonds is 4. The summed E-state index contributed by atoms with van der Waals surface area (Å²) in [5.41, 5.74) is 0.377. The number of pyridine rings is 1. The Balaban J connectivity index is 2.03. The van der Waals surface area contributed by atoms with Crippen LogP contribution in [0.25, 0.3) is 0 Å². The summed E-state index contributed by atoms with van der Waals surface area (Å²) in [6, 6.07) is 12.0. The smallest absolute Gasteiger partial charge is 0.266 e. The summed E-state index contributed by atoms with van der Waals surface area (Å²) in [4.78, 5) is 16.0. The molecule has 1 amide bonds. The van der Waals surface area contributed by atoms with Gasteiger partial charge in [-0.1, -0.05) is 23.7 Å². The van der Waals surface area contributed by atoms with Crippen molar-refractivity contribution in [2.75, 3.05) is 5.32 Å². The van der Waals surface area contributed by atoms with Crippen LogP contribution in [0.15, 0.2) is 42.6 Å². The molecule has 0 bridgehead atoms. The number of carbonyl (C=O) groups excluding carboxylic acids is 1. The number of carbonyl (C=O) groups is 1. The zero-order valence-corrected chi connectivity index (χ0v) is 12.0. The van der Waals surface area contributed by atoms with Crippen LogP contribution in [0.3, 0.4) is 0 Å². The van der Waals surface area contributed by atoms with Gasteiger partial charge in [-0.15, -0.1) is 0 Å². The SMILES string of the molecule is C[C@H](Oc1ccccc1C#N)C(=O)Nc1ccc(Cl)cn1. The molecule has 1 aromatic heterocycles. The van der Waals surface area contributed by atoms with E-state index in [1.165, 1.54) is 6.20 Å².